The van der Waals surface area contributed by atoms with Crippen LogP contribution >= 0.6 is 0 Å². The van der Waals surface area contributed by atoms with E-state index >= 15 is 0 Å². The van der Waals surface area contributed by atoms with Crippen LogP contribution in [0.25, 0.3) is 11.1 Å². The third kappa shape index (κ3) is 3.57. The number of nitrogen functional groups attached to an aromatic ring is 1. The molecule has 3 heterocycles. The fourth-order valence-corrected chi connectivity index (χ4v) is 7.98. The SMILES string of the molecule is CC(C)(O)C12CC(NC(=O)c3cc(-c4ccc(C56CC5CN(C5CCOCC5)C6)cc4)cnc3N)(C1)C2. The summed E-state index contributed by atoms with van der Waals surface area (Å²) in [6.07, 6.45) is 7.81. The van der Waals surface area contributed by atoms with E-state index in [-0.39, 0.29) is 22.7 Å². The number of rotatable bonds is 6. The van der Waals surface area contributed by atoms with Crippen molar-refractivity contribution in [3.63, 3.8) is 0 Å². The fraction of sp³-hybridized carbons (Fsp3) is 0.600. The Morgan fingerprint density at radius 1 is 1.16 bits per heavy atom. The minimum atomic E-state index is -0.714. The Kier molecular flexibility index (Phi) is 4.96. The van der Waals surface area contributed by atoms with E-state index in [0.717, 1.165) is 68.9 Å². The number of fused-ring (bicyclic) bond motifs is 1. The number of anilines is 1. The predicted molar refractivity (Wildman–Crippen MR) is 142 cm³/mol. The summed E-state index contributed by atoms with van der Waals surface area (Å²) in [5, 5.41) is 13.6. The third-order valence-corrected chi connectivity index (χ3v) is 10.5. The normalized spacial score (nSPS) is 34.8. The summed E-state index contributed by atoms with van der Waals surface area (Å²) < 4.78 is 5.57. The van der Waals surface area contributed by atoms with Gasteiger partial charge in [0.25, 0.3) is 5.91 Å². The van der Waals surface area contributed by atoms with E-state index in [1.807, 2.05) is 19.9 Å². The summed E-state index contributed by atoms with van der Waals surface area (Å²) in [6.45, 7) is 7.90. The lowest BCUT2D eigenvalue weighted by Crippen LogP contribution is -2.79. The Balaban J connectivity index is 1.04. The summed E-state index contributed by atoms with van der Waals surface area (Å²) >= 11 is 0. The zero-order chi connectivity index (χ0) is 25.6. The first-order chi connectivity index (χ1) is 17.6. The number of nitrogens with two attached hydrogens (primary N) is 1. The molecule has 196 valence electrons. The molecule has 37 heavy (non-hydrogen) atoms. The molecule has 6 aliphatic rings. The number of carbonyl (C=O) groups is 1. The lowest BCUT2D eigenvalue weighted by Gasteiger charge is -2.74. The largest absolute Gasteiger partial charge is 0.390 e. The van der Waals surface area contributed by atoms with E-state index in [1.165, 1.54) is 18.5 Å². The van der Waals surface area contributed by atoms with E-state index in [1.54, 1.807) is 6.20 Å². The van der Waals surface area contributed by atoms with Crippen LogP contribution in [0.5, 0.6) is 0 Å². The highest BCUT2D eigenvalue weighted by molar-refractivity contribution is 6.00. The van der Waals surface area contributed by atoms with Gasteiger partial charge in [-0.3, -0.25) is 9.69 Å². The highest BCUT2D eigenvalue weighted by Gasteiger charge is 2.73. The van der Waals surface area contributed by atoms with E-state index in [4.69, 9.17) is 10.5 Å². The van der Waals surface area contributed by atoms with E-state index in [0.29, 0.717) is 17.0 Å². The molecule has 6 fully saturated rings. The maximum Gasteiger partial charge on any atom is 0.255 e. The van der Waals surface area contributed by atoms with Crippen molar-refractivity contribution in [3.8, 4) is 11.1 Å². The Labute approximate surface area is 218 Å². The molecular weight excluding hydrogens is 464 g/mol. The highest BCUT2D eigenvalue weighted by Crippen LogP contribution is 2.71. The first-order valence-electron chi connectivity index (χ1n) is 13.9. The minimum absolute atomic E-state index is 0.0606. The Hall–Kier alpha value is -2.48. The molecule has 2 atom stereocenters. The van der Waals surface area contributed by atoms with E-state index < -0.39 is 5.60 Å². The second kappa shape index (κ2) is 7.78. The zero-order valence-corrected chi connectivity index (χ0v) is 21.9. The number of nitrogens with one attached hydrogen (secondary N) is 1. The van der Waals surface area contributed by atoms with Crippen LogP contribution < -0.4 is 11.1 Å². The van der Waals surface area contributed by atoms with E-state index in [9.17, 15) is 9.90 Å². The smallest absolute Gasteiger partial charge is 0.255 e. The number of likely N-dealkylation sites (tertiary alicyclic amines) is 1. The second-order valence-electron chi connectivity index (χ2n) is 13.2. The summed E-state index contributed by atoms with van der Waals surface area (Å²) in [5.41, 5.74) is 9.26. The molecule has 1 amide bonds. The molecular formula is C30H38N4O3. The van der Waals surface area contributed by atoms with Gasteiger partial charge >= 0.3 is 0 Å². The maximum atomic E-state index is 13.2. The van der Waals surface area contributed by atoms with Crippen molar-refractivity contribution in [2.24, 2.45) is 11.3 Å². The van der Waals surface area contributed by atoms with Crippen molar-refractivity contribution in [1.82, 2.24) is 15.2 Å². The summed E-state index contributed by atoms with van der Waals surface area (Å²) in [5.74, 6) is 0.842. The molecule has 1 aromatic carbocycles. The van der Waals surface area contributed by atoms with Gasteiger partial charge in [0.15, 0.2) is 0 Å². The Bertz CT molecular complexity index is 1230. The van der Waals surface area contributed by atoms with Crippen LogP contribution in [0.1, 0.15) is 68.3 Å². The van der Waals surface area contributed by atoms with Gasteiger partial charge in [0.05, 0.1) is 11.2 Å². The average molecular weight is 503 g/mol. The van der Waals surface area contributed by atoms with Gasteiger partial charge in [0.1, 0.15) is 5.82 Å². The molecule has 8 rings (SSSR count). The number of nitrogens with zero attached hydrogens (tertiary/aromatic N) is 2. The van der Waals surface area contributed by atoms with Crippen LogP contribution in [0.4, 0.5) is 5.82 Å². The maximum absolute atomic E-state index is 13.2. The molecule has 0 spiro atoms. The molecule has 2 aromatic rings. The molecule has 4 N–H and O–H groups in total. The Morgan fingerprint density at radius 2 is 1.86 bits per heavy atom. The van der Waals surface area contributed by atoms with Gasteiger partial charge in [0, 0.05) is 60.5 Å². The lowest BCUT2D eigenvalue weighted by molar-refractivity contribution is -0.247. The van der Waals surface area contributed by atoms with Crippen molar-refractivity contribution in [2.75, 3.05) is 32.0 Å². The standard InChI is InChI=1S/C30H38N4O3/c1-27(2,36)28-15-29(16-28,17-28)33-26(35)24-11-20(13-32-25(24)31)19-3-5-21(6-4-19)30-12-22(30)14-34(18-30)23-7-9-37-10-8-23/h3-6,11,13,22-23,36H,7-10,12,14-18H2,1-2H3,(H2,31,32)(H,33,35). The molecule has 7 heteroatoms. The number of hydrogen-bond donors (Lipinski definition) is 3. The van der Waals surface area contributed by atoms with Gasteiger partial charge in [-0.25, -0.2) is 4.98 Å². The highest BCUT2D eigenvalue weighted by atomic mass is 16.5. The number of amides is 1. The second-order valence-corrected chi connectivity index (χ2v) is 13.2. The van der Waals surface area contributed by atoms with Crippen molar-refractivity contribution < 1.29 is 14.6 Å². The van der Waals surface area contributed by atoms with Gasteiger partial charge in [-0.2, -0.15) is 0 Å². The van der Waals surface area contributed by atoms with Gasteiger partial charge in [-0.15, -0.1) is 0 Å². The summed E-state index contributed by atoms with van der Waals surface area (Å²) in [4.78, 5) is 20.2. The molecule has 2 aliphatic heterocycles. The van der Waals surface area contributed by atoms with Crippen molar-refractivity contribution in [3.05, 3.63) is 47.7 Å². The van der Waals surface area contributed by atoms with Crippen molar-refractivity contribution in [2.45, 2.75) is 75.0 Å². The number of hydrogen-bond acceptors (Lipinski definition) is 6. The zero-order valence-electron chi connectivity index (χ0n) is 21.9. The third-order valence-electron chi connectivity index (χ3n) is 10.5. The van der Waals surface area contributed by atoms with Crippen LogP contribution in [0.15, 0.2) is 36.5 Å². The van der Waals surface area contributed by atoms with Crippen molar-refractivity contribution in [1.29, 1.82) is 0 Å². The number of benzene rings is 1. The molecule has 2 unspecified atom stereocenters. The first-order valence-corrected chi connectivity index (χ1v) is 13.9. The van der Waals surface area contributed by atoms with Gasteiger partial charge in [0.2, 0.25) is 0 Å². The van der Waals surface area contributed by atoms with E-state index in [2.05, 4.69) is 39.5 Å². The topological polar surface area (TPSA) is 101 Å². The number of aromatic nitrogens is 1. The minimum Gasteiger partial charge on any atom is -0.390 e. The summed E-state index contributed by atoms with van der Waals surface area (Å²) in [7, 11) is 0. The lowest BCUT2D eigenvalue weighted by atomic mass is 9.35. The van der Waals surface area contributed by atoms with Gasteiger partial charge in [-0.1, -0.05) is 24.3 Å². The molecule has 2 saturated heterocycles. The fourth-order valence-electron chi connectivity index (χ4n) is 7.98. The predicted octanol–water partition coefficient (Wildman–Crippen LogP) is 3.51. The van der Waals surface area contributed by atoms with Gasteiger partial charge < -0.3 is 20.9 Å². The van der Waals surface area contributed by atoms with Crippen LogP contribution in [0, 0.1) is 11.3 Å². The first kappa shape index (κ1) is 23.6. The molecule has 4 aliphatic carbocycles. The Morgan fingerprint density at radius 3 is 2.54 bits per heavy atom. The number of carbonyl (C=O) groups excluding carboxylic acids is 1. The van der Waals surface area contributed by atoms with Crippen LogP contribution in [-0.4, -0.2) is 64.4 Å². The molecule has 4 saturated carbocycles. The number of ether oxygens (including phenoxy) is 1. The number of pyridine rings is 1. The molecule has 7 nitrogen and oxygen atoms in total. The monoisotopic (exact) mass is 502 g/mol. The molecule has 0 radical (unpaired) electrons. The average Bonchev–Trinajstić information content (AvgIpc) is 3.41. The number of piperidine rings is 1. The molecule has 2 bridgehead atoms. The quantitative estimate of drug-likeness (QED) is 0.559. The van der Waals surface area contributed by atoms with Crippen LogP contribution in [0.3, 0.4) is 0 Å². The van der Waals surface area contributed by atoms with Crippen LogP contribution in [0.2, 0.25) is 0 Å². The van der Waals surface area contributed by atoms with Crippen LogP contribution in [-0.2, 0) is 10.2 Å². The summed E-state index contributed by atoms with van der Waals surface area (Å²) in [6, 6.07) is 11.4. The number of aliphatic hydroxyl groups is 1. The molecule has 1 aromatic heterocycles. The van der Waals surface area contributed by atoms with Gasteiger partial charge in [-0.05, 0) is 75.5 Å². The van der Waals surface area contributed by atoms with Crippen molar-refractivity contribution >= 4 is 11.7 Å².